The third kappa shape index (κ3) is 4.99. The quantitative estimate of drug-likeness (QED) is 0.403. The van der Waals surface area contributed by atoms with E-state index in [2.05, 4.69) is 11.3 Å². The highest BCUT2D eigenvalue weighted by Crippen LogP contribution is 2.24. The van der Waals surface area contributed by atoms with Crippen molar-refractivity contribution in [2.24, 2.45) is 0 Å². The SMILES string of the molecule is C=C1CC(CCCCCOc2ccc(C(=O)OC)c(Cl)c2)OC1=O. The molecule has 1 aliphatic heterocycles. The van der Waals surface area contributed by atoms with Crippen LogP contribution < -0.4 is 4.74 Å². The number of methoxy groups -OCH3 is 1. The van der Waals surface area contributed by atoms with Crippen LogP contribution in [0.25, 0.3) is 0 Å². The van der Waals surface area contributed by atoms with Gasteiger partial charge >= 0.3 is 11.9 Å². The number of esters is 2. The van der Waals surface area contributed by atoms with Crippen LogP contribution in [0.5, 0.6) is 5.75 Å². The minimum absolute atomic E-state index is 0.0180. The minimum Gasteiger partial charge on any atom is -0.494 e. The minimum atomic E-state index is -0.471. The van der Waals surface area contributed by atoms with Gasteiger partial charge in [0.05, 0.1) is 24.3 Å². The van der Waals surface area contributed by atoms with Gasteiger partial charge in [0, 0.05) is 12.0 Å². The third-order valence-corrected chi connectivity index (χ3v) is 4.13. The number of cyclic esters (lactones) is 1. The van der Waals surface area contributed by atoms with Crippen molar-refractivity contribution in [3.63, 3.8) is 0 Å². The highest BCUT2D eigenvalue weighted by atomic mass is 35.5. The molecule has 2 rings (SSSR count). The molecular formula is C18H21ClO5. The zero-order valence-electron chi connectivity index (χ0n) is 13.7. The molecule has 1 unspecified atom stereocenters. The highest BCUT2D eigenvalue weighted by molar-refractivity contribution is 6.33. The fourth-order valence-corrected chi connectivity index (χ4v) is 2.75. The van der Waals surface area contributed by atoms with Crippen LogP contribution in [0.4, 0.5) is 0 Å². The first-order chi connectivity index (χ1) is 11.5. The van der Waals surface area contributed by atoms with Crippen molar-refractivity contribution < 1.29 is 23.8 Å². The Morgan fingerprint density at radius 1 is 1.38 bits per heavy atom. The molecule has 1 aromatic carbocycles. The number of benzene rings is 1. The molecule has 1 aromatic rings. The molecule has 1 saturated heterocycles. The van der Waals surface area contributed by atoms with Gasteiger partial charge in [-0.05, 0) is 43.9 Å². The maximum absolute atomic E-state index is 11.4. The molecule has 24 heavy (non-hydrogen) atoms. The standard InChI is InChI=1S/C18H21ClO5/c1-12-10-14(24-17(12)20)6-4-3-5-9-23-13-7-8-15(16(19)11-13)18(21)22-2/h7-8,11,14H,1,3-6,9-10H2,2H3. The Morgan fingerprint density at radius 2 is 2.17 bits per heavy atom. The summed E-state index contributed by atoms with van der Waals surface area (Å²) in [7, 11) is 1.31. The lowest BCUT2D eigenvalue weighted by molar-refractivity contribution is -0.139. The van der Waals surface area contributed by atoms with Crippen molar-refractivity contribution in [1.82, 2.24) is 0 Å². The normalized spacial score (nSPS) is 16.8. The Bertz CT molecular complexity index is 610. The van der Waals surface area contributed by atoms with Crippen molar-refractivity contribution in [1.29, 1.82) is 0 Å². The molecule has 5 nitrogen and oxygen atoms in total. The summed E-state index contributed by atoms with van der Waals surface area (Å²) in [6, 6.07) is 4.89. The Morgan fingerprint density at radius 3 is 2.79 bits per heavy atom. The van der Waals surface area contributed by atoms with Gasteiger partial charge in [-0.25, -0.2) is 9.59 Å². The summed E-state index contributed by atoms with van der Waals surface area (Å²) in [5, 5.41) is 0.308. The highest BCUT2D eigenvalue weighted by Gasteiger charge is 2.26. The van der Waals surface area contributed by atoms with E-state index in [9.17, 15) is 9.59 Å². The number of rotatable bonds is 8. The van der Waals surface area contributed by atoms with Crippen LogP contribution in [0.1, 0.15) is 42.5 Å². The van der Waals surface area contributed by atoms with Gasteiger partial charge in [0.2, 0.25) is 0 Å². The summed E-state index contributed by atoms with van der Waals surface area (Å²) in [6.45, 7) is 4.23. The van der Waals surface area contributed by atoms with Gasteiger partial charge in [0.25, 0.3) is 0 Å². The lowest BCUT2D eigenvalue weighted by Crippen LogP contribution is -2.06. The van der Waals surface area contributed by atoms with Crippen LogP contribution in [0.15, 0.2) is 30.4 Å². The molecular weight excluding hydrogens is 332 g/mol. The lowest BCUT2D eigenvalue weighted by Gasteiger charge is -2.10. The topological polar surface area (TPSA) is 61.8 Å². The van der Waals surface area contributed by atoms with E-state index in [4.69, 9.17) is 21.1 Å². The van der Waals surface area contributed by atoms with E-state index in [1.54, 1.807) is 18.2 Å². The summed E-state index contributed by atoms with van der Waals surface area (Å²) in [5.74, 6) is -0.119. The molecule has 1 atom stereocenters. The van der Waals surface area contributed by atoms with Crippen molar-refractivity contribution >= 4 is 23.5 Å². The number of hydrogen-bond acceptors (Lipinski definition) is 5. The smallest absolute Gasteiger partial charge is 0.339 e. The number of carbonyl (C=O) groups is 2. The zero-order chi connectivity index (χ0) is 17.5. The van der Waals surface area contributed by atoms with Crippen LogP contribution in [0, 0.1) is 0 Å². The Balaban J connectivity index is 1.64. The molecule has 6 heteroatoms. The van der Waals surface area contributed by atoms with Gasteiger partial charge in [-0.15, -0.1) is 0 Å². The molecule has 1 heterocycles. The van der Waals surface area contributed by atoms with E-state index in [0.717, 1.165) is 25.7 Å². The fourth-order valence-electron chi connectivity index (χ4n) is 2.50. The predicted octanol–water partition coefficient (Wildman–Crippen LogP) is 3.94. The second-order valence-corrected chi connectivity index (χ2v) is 6.07. The first kappa shape index (κ1) is 18.3. The number of hydrogen-bond donors (Lipinski definition) is 0. The summed E-state index contributed by atoms with van der Waals surface area (Å²) in [4.78, 5) is 22.7. The molecule has 0 N–H and O–H groups in total. The van der Waals surface area contributed by atoms with Crippen LogP contribution in [-0.4, -0.2) is 31.8 Å². The van der Waals surface area contributed by atoms with E-state index in [-0.39, 0.29) is 12.1 Å². The molecule has 0 radical (unpaired) electrons. The van der Waals surface area contributed by atoms with Gasteiger partial charge in [-0.3, -0.25) is 0 Å². The number of carbonyl (C=O) groups excluding carboxylic acids is 2. The number of halogens is 1. The average molecular weight is 353 g/mol. The van der Waals surface area contributed by atoms with Crippen molar-refractivity contribution in [3.05, 3.63) is 40.9 Å². The van der Waals surface area contributed by atoms with Gasteiger partial charge < -0.3 is 14.2 Å². The van der Waals surface area contributed by atoms with E-state index < -0.39 is 5.97 Å². The molecule has 0 saturated carbocycles. The Hall–Kier alpha value is -2.01. The van der Waals surface area contributed by atoms with Gasteiger partial charge in [0.1, 0.15) is 11.9 Å². The van der Waals surface area contributed by atoms with E-state index >= 15 is 0 Å². The lowest BCUT2D eigenvalue weighted by atomic mass is 10.1. The second kappa shape index (κ2) is 8.73. The van der Waals surface area contributed by atoms with Gasteiger partial charge in [0.15, 0.2) is 0 Å². The van der Waals surface area contributed by atoms with E-state index in [0.29, 0.717) is 34.9 Å². The molecule has 0 spiro atoms. The second-order valence-electron chi connectivity index (χ2n) is 5.67. The third-order valence-electron chi connectivity index (χ3n) is 3.82. The number of unbranched alkanes of at least 4 members (excludes halogenated alkanes) is 2. The monoisotopic (exact) mass is 352 g/mol. The van der Waals surface area contributed by atoms with Crippen LogP contribution >= 0.6 is 11.6 Å². The summed E-state index contributed by atoms with van der Waals surface area (Å²) < 4.78 is 15.4. The Labute approximate surface area is 146 Å². The molecule has 0 bridgehead atoms. The predicted molar refractivity (Wildman–Crippen MR) is 90.4 cm³/mol. The maximum atomic E-state index is 11.4. The molecule has 0 aliphatic carbocycles. The first-order valence-corrected chi connectivity index (χ1v) is 8.28. The maximum Gasteiger partial charge on any atom is 0.339 e. The Kier molecular flexibility index (Phi) is 6.67. The van der Waals surface area contributed by atoms with E-state index in [1.807, 2.05) is 0 Å². The molecule has 130 valence electrons. The largest absolute Gasteiger partial charge is 0.494 e. The average Bonchev–Trinajstić information content (AvgIpc) is 2.88. The van der Waals surface area contributed by atoms with Crippen LogP contribution in [-0.2, 0) is 14.3 Å². The van der Waals surface area contributed by atoms with Crippen molar-refractivity contribution in [2.75, 3.05) is 13.7 Å². The van der Waals surface area contributed by atoms with Crippen LogP contribution in [0.2, 0.25) is 5.02 Å². The van der Waals surface area contributed by atoms with Gasteiger partial charge in [-0.2, -0.15) is 0 Å². The molecule has 0 amide bonds. The summed E-state index contributed by atoms with van der Waals surface area (Å²) in [6.07, 6.45) is 4.31. The number of ether oxygens (including phenoxy) is 3. The first-order valence-electron chi connectivity index (χ1n) is 7.90. The molecule has 0 aromatic heterocycles. The van der Waals surface area contributed by atoms with Gasteiger partial charge in [-0.1, -0.05) is 18.2 Å². The van der Waals surface area contributed by atoms with Crippen molar-refractivity contribution in [2.45, 2.75) is 38.2 Å². The van der Waals surface area contributed by atoms with Crippen molar-refractivity contribution in [3.8, 4) is 5.75 Å². The van der Waals surface area contributed by atoms with Crippen LogP contribution in [0.3, 0.4) is 0 Å². The zero-order valence-corrected chi connectivity index (χ0v) is 14.4. The molecule has 1 aliphatic rings. The summed E-state index contributed by atoms with van der Waals surface area (Å²) in [5.41, 5.74) is 0.884. The summed E-state index contributed by atoms with van der Waals surface area (Å²) >= 11 is 6.03. The fraction of sp³-hybridized carbons (Fsp3) is 0.444. The molecule has 1 fully saturated rings. The van der Waals surface area contributed by atoms with E-state index in [1.165, 1.54) is 7.11 Å².